The van der Waals surface area contributed by atoms with Gasteiger partial charge in [-0.3, -0.25) is 0 Å². The van der Waals surface area contributed by atoms with Crippen LogP contribution in [0.25, 0.3) is 0 Å². The first-order valence-electron chi connectivity index (χ1n) is 4.91. The Hall–Kier alpha value is -1.28. The summed E-state index contributed by atoms with van der Waals surface area (Å²) in [6.45, 7) is 19.4. The van der Waals surface area contributed by atoms with Crippen molar-refractivity contribution in [1.29, 1.82) is 0 Å². The van der Waals surface area contributed by atoms with Gasteiger partial charge in [-0.25, -0.2) is 0 Å². The largest absolute Gasteiger partial charge is 0.497 e. The molecule has 0 aromatic heterocycles. The molecule has 0 aromatic rings. The standard InChI is InChI=1S/C11H19NO.C2H4/c1-6-12-8-11(7-9(2)3)10(4)13-5;1-2/h7,12H,2,4,6,8H2,1,3,5H3;1-2H2/b11-7-;. The van der Waals surface area contributed by atoms with Gasteiger partial charge in [0.15, 0.2) is 0 Å². The predicted molar refractivity (Wildman–Crippen MR) is 68.8 cm³/mol. The van der Waals surface area contributed by atoms with Crippen LogP contribution in [0.3, 0.4) is 0 Å². The summed E-state index contributed by atoms with van der Waals surface area (Å²) >= 11 is 0. The Morgan fingerprint density at radius 3 is 2.20 bits per heavy atom. The number of hydrogen-bond acceptors (Lipinski definition) is 2. The molecule has 1 N–H and O–H groups in total. The van der Waals surface area contributed by atoms with Crippen LogP contribution in [-0.2, 0) is 4.74 Å². The molecule has 0 radical (unpaired) electrons. The number of ether oxygens (including phenoxy) is 1. The van der Waals surface area contributed by atoms with E-state index in [2.05, 4.69) is 38.6 Å². The van der Waals surface area contributed by atoms with Gasteiger partial charge in [0.25, 0.3) is 0 Å². The second kappa shape index (κ2) is 10.8. The quantitative estimate of drug-likeness (QED) is 0.412. The van der Waals surface area contributed by atoms with Crippen LogP contribution < -0.4 is 5.32 Å². The fourth-order valence-electron chi connectivity index (χ4n) is 0.918. The van der Waals surface area contributed by atoms with E-state index in [9.17, 15) is 0 Å². The zero-order valence-electron chi connectivity index (χ0n) is 10.2. The fourth-order valence-corrected chi connectivity index (χ4v) is 0.918. The first kappa shape index (κ1) is 16.2. The Balaban J connectivity index is 0. The summed E-state index contributed by atoms with van der Waals surface area (Å²) in [6.07, 6.45) is 1.98. The summed E-state index contributed by atoms with van der Waals surface area (Å²) in [4.78, 5) is 0. The molecule has 0 spiro atoms. The molecule has 0 saturated carbocycles. The molecule has 0 amide bonds. The van der Waals surface area contributed by atoms with Crippen molar-refractivity contribution in [2.75, 3.05) is 20.2 Å². The Labute approximate surface area is 94.0 Å². The van der Waals surface area contributed by atoms with Crippen molar-refractivity contribution < 1.29 is 4.74 Å². The Kier molecular flexibility index (Phi) is 11.6. The number of nitrogens with one attached hydrogen (secondary N) is 1. The Morgan fingerprint density at radius 1 is 1.33 bits per heavy atom. The molecule has 2 nitrogen and oxygen atoms in total. The van der Waals surface area contributed by atoms with Crippen LogP contribution in [-0.4, -0.2) is 20.2 Å². The highest BCUT2D eigenvalue weighted by Gasteiger charge is 2.01. The zero-order chi connectivity index (χ0) is 12.3. The van der Waals surface area contributed by atoms with Crippen molar-refractivity contribution in [1.82, 2.24) is 5.32 Å². The lowest BCUT2D eigenvalue weighted by Gasteiger charge is -2.10. The second-order valence-corrected chi connectivity index (χ2v) is 2.92. The highest BCUT2D eigenvalue weighted by molar-refractivity contribution is 5.31. The second-order valence-electron chi connectivity index (χ2n) is 2.92. The summed E-state index contributed by atoms with van der Waals surface area (Å²) < 4.78 is 5.07. The van der Waals surface area contributed by atoms with E-state index in [4.69, 9.17) is 4.74 Å². The van der Waals surface area contributed by atoms with Crippen molar-refractivity contribution in [2.24, 2.45) is 0 Å². The Bertz CT molecular complexity index is 229. The van der Waals surface area contributed by atoms with E-state index in [0.717, 1.165) is 24.2 Å². The van der Waals surface area contributed by atoms with Gasteiger partial charge in [0.1, 0.15) is 5.76 Å². The molecule has 2 heteroatoms. The zero-order valence-corrected chi connectivity index (χ0v) is 10.2. The molecular weight excluding hydrogens is 186 g/mol. The van der Waals surface area contributed by atoms with E-state index in [-0.39, 0.29) is 0 Å². The van der Waals surface area contributed by atoms with Gasteiger partial charge in [-0.1, -0.05) is 31.7 Å². The molecule has 0 heterocycles. The van der Waals surface area contributed by atoms with Crippen molar-refractivity contribution in [3.05, 3.63) is 49.3 Å². The minimum absolute atomic E-state index is 0.698. The molecule has 0 atom stereocenters. The average molecular weight is 209 g/mol. The third kappa shape index (κ3) is 9.03. The fraction of sp³-hybridized carbons (Fsp3) is 0.385. The van der Waals surface area contributed by atoms with Gasteiger partial charge in [-0.15, -0.1) is 13.2 Å². The van der Waals surface area contributed by atoms with Crippen molar-refractivity contribution in [2.45, 2.75) is 13.8 Å². The van der Waals surface area contributed by atoms with Crippen LogP contribution in [0.4, 0.5) is 0 Å². The summed E-state index contributed by atoms with van der Waals surface area (Å²) in [5, 5.41) is 3.22. The summed E-state index contributed by atoms with van der Waals surface area (Å²) in [5.41, 5.74) is 2.06. The number of likely N-dealkylation sites (N-methyl/N-ethyl adjacent to an activating group) is 1. The summed E-state index contributed by atoms with van der Waals surface area (Å²) in [7, 11) is 1.63. The van der Waals surface area contributed by atoms with Crippen LogP contribution in [0.15, 0.2) is 49.3 Å². The smallest absolute Gasteiger partial charge is 0.116 e. The van der Waals surface area contributed by atoms with E-state index < -0.39 is 0 Å². The molecular formula is C13H23NO. The normalized spacial score (nSPS) is 9.93. The lowest BCUT2D eigenvalue weighted by molar-refractivity contribution is 0.300. The molecule has 0 rings (SSSR count). The van der Waals surface area contributed by atoms with E-state index in [1.165, 1.54) is 0 Å². The van der Waals surface area contributed by atoms with Gasteiger partial charge < -0.3 is 10.1 Å². The van der Waals surface area contributed by atoms with Crippen molar-refractivity contribution in [3.8, 4) is 0 Å². The molecule has 0 aliphatic carbocycles. The van der Waals surface area contributed by atoms with Crippen LogP contribution in [0.2, 0.25) is 0 Å². The molecule has 0 aliphatic heterocycles. The summed E-state index contributed by atoms with van der Waals surface area (Å²) in [5.74, 6) is 0.698. The maximum absolute atomic E-state index is 5.07. The van der Waals surface area contributed by atoms with Crippen LogP contribution in [0.1, 0.15) is 13.8 Å². The van der Waals surface area contributed by atoms with Gasteiger partial charge in [-0.05, 0) is 13.5 Å². The van der Waals surface area contributed by atoms with E-state index in [1.807, 2.05) is 13.0 Å². The van der Waals surface area contributed by atoms with Crippen molar-refractivity contribution in [3.63, 3.8) is 0 Å². The maximum Gasteiger partial charge on any atom is 0.116 e. The molecule has 86 valence electrons. The van der Waals surface area contributed by atoms with Gasteiger partial charge in [0, 0.05) is 12.1 Å². The van der Waals surface area contributed by atoms with E-state index in [1.54, 1.807) is 7.11 Å². The van der Waals surface area contributed by atoms with Crippen LogP contribution in [0.5, 0.6) is 0 Å². The monoisotopic (exact) mass is 209 g/mol. The van der Waals surface area contributed by atoms with Gasteiger partial charge in [-0.2, -0.15) is 0 Å². The number of methoxy groups -OCH3 is 1. The Morgan fingerprint density at radius 2 is 1.87 bits per heavy atom. The third-order valence-corrected chi connectivity index (χ3v) is 1.59. The lowest BCUT2D eigenvalue weighted by Crippen LogP contribution is -2.17. The number of allylic oxidation sites excluding steroid dienone is 2. The lowest BCUT2D eigenvalue weighted by atomic mass is 10.1. The highest BCUT2D eigenvalue weighted by atomic mass is 16.5. The SMILES string of the molecule is C=C.C=C(C)/C=C(/CNCC)C(=C)OC. The van der Waals surface area contributed by atoms with Gasteiger partial charge in [0.05, 0.1) is 7.11 Å². The average Bonchev–Trinajstić information content (AvgIpc) is 2.25. The molecule has 0 saturated heterocycles. The first-order valence-corrected chi connectivity index (χ1v) is 4.91. The molecule has 0 aromatic carbocycles. The highest BCUT2D eigenvalue weighted by Crippen LogP contribution is 2.09. The van der Waals surface area contributed by atoms with Gasteiger partial charge in [0.2, 0.25) is 0 Å². The molecule has 0 bridgehead atoms. The predicted octanol–water partition coefficient (Wildman–Crippen LogP) is 3.06. The first-order chi connectivity index (χ1) is 7.11. The minimum Gasteiger partial charge on any atom is -0.497 e. The van der Waals surface area contributed by atoms with Gasteiger partial charge >= 0.3 is 0 Å². The molecule has 0 aliphatic rings. The summed E-state index contributed by atoms with van der Waals surface area (Å²) in [6, 6.07) is 0. The van der Waals surface area contributed by atoms with Crippen molar-refractivity contribution >= 4 is 0 Å². The minimum atomic E-state index is 0.698. The third-order valence-electron chi connectivity index (χ3n) is 1.59. The van der Waals surface area contributed by atoms with E-state index >= 15 is 0 Å². The number of rotatable bonds is 6. The molecule has 0 unspecified atom stereocenters. The topological polar surface area (TPSA) is 21.3 Å². The molecule has 0 fully saturated rings. The maximum atomic E-state index is 5.07. The van der Waals surface area contributed by atoms with Crippen LogP contribution in [0, 0.1) is 0 Å². The van der Waals surface area contributed by atoms with Crippen LogP contribution >= 0.6 is 0 Å². The molecule has 15 heavy (non-hydrogen) atoms. The number of hydrogen-bond donors (Lipinski definition) is 1. The van der Waals surface area contributed by atoms with E-state index in [0.29, 0.717) is 5.76 Å².